The largest absolute Gasteiger partial charge is 0.316 e. The Hall–Kier alpha value is -1.51. The van der Waals surface area contributed by atoms with E-state index < -0.39 is 10.0 Å². The van der Waals surface area contributed by atoms with Gasteiger partial charge in [-0.1, -0.05) is 6.07 Å². The number of hydrogen-bond acceptors (Lipinski definition) is 5. The molecular weight excluding hydrogens is 314 g/mol. The maximum absolute atomic E-state index is 13.2. The van der Waals surface area contributed by atoms with Gasteiger partial charge in [-0.2, -0.15) is 19.3 Å². The Morgan fingerprint density at radius 1 is 1.26 bits per heavy atom. The highest BCUT2D eigenvalue weighted by atomic mass is 32.2. The van der Waals surface area contributed by atoms with Crippen LogP contribution in [0.3, 0.4) is 0 Å². The van der Waals surface area contributed by atoms with Crippen LogP contribution in [0.15, 0.2) is 23.1 Å². The van der Waals surface area contributed by atoms with E-state index >= 15 is 0 Å². The summed E-state index contributed by atoms with van der Waals surface area (Å²) in [5.41, 5.74) is 1.17. The van der Waals surface area contributed by atoms with Crippen molar-refractivity contribution in [1.29, 1.82) is 0 Å². The molecule has 2 aromatic rings. The molecule has 23 heavy (non-hydrogen) atoms. The van der Waals surface area contributed by atoms with Crippen LogP contribution >= 0.6 is 0 Å². The van der Waals surface area contributed by atoms with Crippen molar-refractivity contribution >= 4 is 21.1 Å². The Balaban J connectivity index is 1.74. The first kappa shape index (κ1) is 15.0. The minimum absolute atomic E-state index is 0.0988. The van der Waals surface area contributed by atoms with Gasteiger partial charge >= 0.3 is 0 Å². The SMILES string of the molecule is Cn1nc2cccc(S(=O)(=O)N3CCC[C@@]4(CCNC4)C3)c2n1. The second kappa shape index (κ2) is 5.25. The Morgan fingerprint density at radius 3 is 2.91 bits per heavy atom. The van der Waals surface area contributed by atoms with Gasteiger partial charge in [0.1, 0.15) is 15.9 Å². The van der Waals surface area contributed by atoms with Crippen molar-refractivity contribution in [3.63, 3.8) is 0 Å². The summed E-state index contributed by atoms with van der Waals surface area (Å²) in [6.45, 7) is 3.07. The average molecular weight is 335 g/mol. The minimum Gasteiger partial charge on any atom is -0.316 e. The maximum atomic E-state index is 13.2. The predicted octanol–water partition coefficient (Wildman–Crippen LogP) is 0.732. The zero-order valence-electron chi connectivity index (χ0n) is 13.2. The number of aryl methyl sites for hydroxylation is 1. The number of aromatic nitrogens is 3. The lowest BCUT2D eigenvalue weighted by molar-refractivity contribution is 0.167. The smallest absolute Gasteiger partial charge is 0.245 e. The fraction of sp³-hybridized carbons (Fsp3) is 0.600. The van der Waals surface area contributed by atoms with E-state index in [2.05, 4.69) is 15.5 Å². The van der Waals surface area contributed by atoms with E-state index in [4.69, 9.17) is 0 Å². The number of fused-ring (bicyclic) bond motifs is 1. The molecule has 0 bridgehead atoms. The molecule has 8 heteroatoms. The average Bonchev–Trinajstić information content (AvgIpc) is 3.12. The number of piperidine rings is 1. The molecule has 1 N–H and O–H groups in total. The van der Waals surface area contributed by atoms with Crippen molar-refractivity contribution in [3.8, 4) is 0 Å². The van der Waals surface area contributed by atoms with E-state index in [0.29, 0.717) is 24.1 Å². The minimum atomic E-state index is -3.55. The molecule has 2 aliphatic heterocycles. The highest BCUT2D eigenvalue weighted by Gasteiger charge is 2.42. The van der Waals surface area contributed by atoms with Crippen LogP contribution in [0, 0.1) is 5.41 Å². The summed E-state index contributed by atoms with van der Waals surface area (Å²) in [4.78, 5) is 1.69. The molecule has 2 fully saturated rings. The summed E-state index contributed by atoms with van der Waals surface area (Å²) in [5.74, 6) is 0. The van der Waals surface area contributed by atoms with Crippen LogP contribution < -0.4 is 5.32 Å². The Bertz CT molecular complexity index is 839. The van der Waals surface area contributed by atoms with Crippen molar-refractivity contribution in [2.75, 3.05) is 26.2 Å². The molecule has 2 aliphatic rings. The van der Waals surface area contributed by atoms with Crippen LogP contribution in [0.25, 0.3) is 11.0 Å². The lowest BCUT2D eigenvalue weighted by atomic mass is 9.80. The van der Waals surface area contributed by atoms with Gasteiger partial charge < -0.3 is 5.32 Å². The van der Waals surface area contributed by atoms with Gasteiger partial charge in [-0.15, -0.1) is 0 Å². The number of hydrogen-bond donors (Lipinski definition) is 1. The van der Waals surface area contributed by atoms with Crippen LogP contribution in [0.2, 0.25) is 0 Å². The number of nitrogens with one attached hydrogen (secondary N) is 1. The predicted molar refractivity (Wildman–Crippen MR) is 86.4 cm³/mol. The summed E-state index contributed by atoms with van der Waals surface area (Å²) in [6, 6.07) is 5.17. The molecule has 1 aromatic heterocycles. The molecule has 2 saturated heterocycles. The summed E-state index contributed by atoms with van der Waals surface area (Å²) in [6.07, 6.45) is 3.06. The van der Waals surface area contributed by atoms with Gasteiger partial charge in [-0.3, -0.25) is 0 Å². The second-order valence-corrected chi connectivity index (χ2v) is 8.59. The van der Waals surface area contributed by atoms with Gasteiger partial charge in [0.2, 0.25) is 10.0 Å². The third-order valence-electron chi connectivity index (χ3n) is 5.05. The van der Waals surface area contributed by atoms with Gasteiger partial charge in [0.05, 0.1) is 0 Å². The molecule has 1 spiro atoms. The Kier molecular flexibility index (Phi) is 3.44. The van der Waals surface area contributed by atoms with E-state index in [0.717, 1.165) is 32.4 Å². The molecule has 0 radical (unpaired) electrons. The van der Waals surface area contributed by atoms with E-state index in [9.17, 15) is 8.42 Å². The van der Waals surface area contributed by atoms with Crippen LogP contribution in [-0.2, 0) is 17.1 Å². The molecule has 124 valence electrons. The van der Waals surface area contributed by atoms with Crippen molar-refractivity contribution in [2.24, 2.45) is 12.5 Å². The third kappa shape index (κ3) is 2.45. The highest BCUT2D eigenvalue weighted by Crippen LogP contribution is 2.38. The zero-order chi connectivity index (χ0) is 16.1. The quantitative estimate of drug-likeness (QED) is 0.875. The van der Waals surface area contributed by atoms with E-state index in [1.165, 1.54) is 4.80 Å². The number of nitrogens with zero attached hydrogens (tertiary/aromatic N) is 4. The molecule has 0 saturated carbocycles. The molecule has 0 unspecified atom stereocenters. The normalized spacial score (nSPS) is 26.3. The molecule has 3 heterocycles. The molecule has 4 rings (SSSR count). The first-order chi connectivity index (χ1) is 11.0. The topological polar surface area (TPSA) is 80.1 Å². The first-order valence-corrected chi connectivity index (χ1v) is 9.45. The lowest BCUT2D eigenvalue weighted by Gasteiger charge is -2.39. The first-order valence-electron chi connectivity index (χ1n) is 8.01. The highest BCUT2D eigenvalue weighted by molar-refractivity contribution is 7.89. The van der Waals surface area contributed by atoms with Crippen molar-refractivity contribution in [3.05, 3.63) is 18.2 Å². The van der Waals surface area contributed by atoms with E-state index in [1.54, 1.807) is 29.6 Å². The molecule has 1 atom stereocenters. The van der Waals surface area contributed by atoms with Crippen molar-refractivity contribution in [2.45, 2.75) is 24.2 Å². The summed E-state index contributed by atoms with van der Waals surface area (Å²) >= 11 is 0. The van der Waals surface area contributed by atoms with Crippen LogP contribution in [0.5, 0.6) is 0 Å². The molecule has 0 amide bonds. The second-order valence-electron chi connectivity index (χ2n) is 6.68. The van der Waals surface area contributed by atoms with Gasteiger partial charge in [-0.25, -0.2) is 8.42 Å². The zero-order valence-corrected chi connectivity index (χ0v) is 14.0. The van der Waals surface area contributed by atoms with Crippen LogP contribution in [0.1, 0.15) is 19.3 Å². The molecule has 7 nitrogen and oxygen atoms in total. The summed E-state index contributed by atoms with van der Waals surface area (Å²) < 4.78 is 28.0. The van der Waals surface area contributed by atoms with Crippen molar-refractivity contribution in [1.82, 2.24) is 24.6 Å². The third-order valence-corrected chi connectivity index (χ3v) is 6.93. The number of sulfonamides is 1. The van der Waals surface area contributed by atoms with Gasteiger partial charge in [0, 0.05) is 26.7 Å². The molecule has 0 aliphatic carbocycles. The van der Waals surface area contributed by atoms with E-state index in [-0.39, 0.29) is 10.3 Å². The maximum Gasteiger partial charge on any atom is 0.245 e. The van der Waals surface area contributed by atoms with Crippen molar-refractivity contribution < 1.29 is 8.42 Å². The fourth-order valence-corrected chi connectivity index (χ4v) is 5.61. The van der Waals surface area contributed by atoms with Crippen LogP contribution in [-0.4, -0.2) is 53.9 Å². The van der Waals surface area contributed by atoms with E-state index in [1.807, 2.05) is 0 Å². The number of benzene rings is 1. The Labute approximate surface area is 135 Å². The van der Waals surface area contributed by atoms with Crippen LogP contribution in [0.4, 0.5) is 0 Å². The number of rotatable bonds is 2. The van der Waals surface area contributed by atoms with Gasteiger partial charge in [0.25, 0.3) is 0 Å². The molecular formula is C15H21N5O2S. The molecule has 1 aromatic carbocycles. The monoisotopic (exact) mass is 335 g/mol. The Morgan fingerprint density at radius 2 is 2.13 bits per heavy atom. The lowest BCUT2D eigenvalue weighted by Crippen LogP contribution is -2.47. The van der Waals surface area contributed by atoms with Gasteiger partial charge in [-0.05, 0) is 43.4 Å². The summed E-state index contributed by atoms with van der Waals surface area (Å²) in [7, 11) is -1.84. The standard InChI is InChI=1S/C15H21N5O2S/c1-19-17-12-4-2-5-13(14(12)18-19)23(21,22)20-9-3-6-15(11-20)7-8-16-10-15/h2,4-5,16H,3,6-11H2,1H3/t15-/m0/s1. The fourth-order valence-electron chi connectivity index (χ4n) is 3.87. The summed E-state index contributed by atoms with van der Waals surface area (Å²) in [5, 5.41) is 11.8. The van der Waals surface area contributed by atoms with Gasteiger partial charge in [0.15, 0.2) is 0 Å².